The van der Waals surface area contributed by atoms with Crippen LogP contribution in [0.15, 0.2) is 23.6 Å². The van der Waals surface area contributed by atoms with Crippen molar-refractivity contribution in [2.75, 3.05) is 0 Å². The molecule has 5 heteroatoms. The van der Waals surface area contributed by atoms with Crippen LogP contribution in [0.1, 0.15) is 13.8 Å². The Morgan fingerprint density at radius 1 is 1.46 bits per heavy atom. The molecule has 2 aromatic rings. The molecule has 0 unspecified atom stereocenters. The van der Waals surface area contributed by atoms with Crippen LogP contribution in [0.3, 0.4) is 0 Å². The molecule has 0 saturated heterocycles. The van der Waals surface area contributed by atoms with E-state index in [0.29, 0.717) is 11.0 Å². The number of hydrogen-bond donors (Lipinski definition) is 0. The molecule has 0 spiro atoms. The highest BCUT2D eigenvalue weighted by Gasteiger charge is 2.05. The predicted octanol–water partition coefficient (Wildman–Crippen LogP) is 1.62. The van der Waals surface area contributed by atoms with Gasteiger partial charge in [-0.15, -0.1) is 5.10 Å². The molecular weight excluding hydrogens is 184 g/mol. The van der Waals surface area contributed by atoms with Gasteiger partial charge in [-0.2, -0.15) is 4.98 Å². The lowest BCUT2D eigenvalue weighted by atomic mass is 10.6. The number of aromatic nitrogens is 4. The van der Waals surface area contributed by atoms with Crippen molar-refractivity contribution in [2.45, 2.75) is 24.3 Å². The number of thioether (sulfide) groups is 1. The van der Waals surface area contributed by atoms with Crippen molar-refractivity contribution in [3.05, 3.63) is 18.5 Å². The maximum atomic E-state index is 4.26. The quantitative estimate of drug-likeness (QED) is 0.681. The Labute approximate surface area is 80.4 Å². The van der Waals surface area contributed by atoms with Gasteiger partial charge in [0.1, 0.15) is 0 Å². The van der Waals surface area contributed by atoms with Gasteiger partial charge in [-0.05, 0) is 6.07 Å². The number of rotatable bonds is 2. The van der Waals surface area contributed by atoms with Crippen molar-refractivity contribution in [2.24, 2.45) is 0 Å². The third-order valence-electron chi connectivity index (χ3n) is 1.44. The van der Waals surface area contributed by atoms with Crippen molar-refractivity contribution in [1.29, 1.82) is 0 Å². The first-order chi connectivity index (χ1) is 6.25. The summed E-state index contributed by atoms with van der Waals surface area (Å²) >= 11 is 1.64. The smallest absolute Gasteiger partial charge is 0.220 e. The molecule has 0 bridgehead atoms. The highest BCUT2D eigenvalue weighted by Crippen LogP contribution is 2.18. The van der Waals surface area contributed by atoms with E-state index in [9.17, 15) is 0 Å². The standard InChI is InChI=1S/C8H10N4S/c1-6(2)13-8-10-7-9-4-3-5-12(7)11-8/h3-6H,1-2H3. The molecule has 0 aliphatic carbocycles. The second kappa shape index (κ2) is 3.33. The van der Waals surface area contributed by atoms with Crippen molar-refractivity contribution >= 4 is 17.5 Å². The largest absolute Gasteiger partial charge is 0.253 e. The topological polar surface area (TPSA) is 43.1 Å². The summed E-state index contributed by atoms with van der Waals surface area (Å²) in [7, 11) is 0. The normalized spacial score (nSPS) is 11.3. The van der Waals surface area contributed by atoms with E-state index in [-0.39, 0.29) is 0 Å². The summed E-state index contributed by atoms with van der Waals surface area (Å²) in [5.74, 6) is 0.658. The lowest BCUT2D eigenvalue weighted by Crippen LogP contribution is -1.88. The zero-order valence-electron chi connectivity index (χ0n) is 7.51. The Bertz CT molecular complexity index is 376. The van der Waals surface area contributed by atoms with Crippen LogP contribution in [-0.4, -0.2) is 24.8 Å². The van der Waals surface area contributed by atoms with E-state index in [4.69, 9.17) is 0 Å². The van der Waals surface area contributed by atoms with E-state index in [0.717, 1.165) is 5.16 Å². The summed E-state index contributed by atoms with van der Waals surface area (Å²) < 4.78 is 1.69. The summed E-state index contributed by atoms with van der Waals surface area (Å²) in [6.07, 6.45) is 3.56. The minimum absolute atomic E-state index is 0.498. The molecule has 68 valence electrons. The Morgan fingerprint density at radius 3 is 3.00 bits per heavy atom. The van der Waals surface area contributed by atoms with E-state index in [1.54, 1.807) is 22.5 Å². The van der Waals surface area contributed by atoms with Crippen LogP contribution >= 0.6 is 11.8 Å². The van der Waals surface area contributed by atoms with Gasteiger partial charge in [0, 0.05) is 17.6 Å². The first-order valence-corrected chi connectivity index (χ1v) is 4.98. The maximum Gasteiger partial charge on any atom is 0.253 e. The maximum absolute atomic E-state index is 4.26. The lowest BCUT2D eigenvalue weighted by molar-refractivity contribution is 0.876. The van der Waals surface area contributed by atoms with E-state index in [1.807, 2.05) is 12.3 Å². The van der Waals surface area contributed by atoms with E-state index in [1.165, 1.54) is 0 Å². The van der Waals surface area contributed by atoms with Crippen molar-refractivity contribution < 1.29 is 0 Å². The van der Waals surface area contributed by atoms with Crippen LogP contribution in [0.25, 0.3) is 5.78 Å². The van der Waals surface area contributed by atoms with Crippen LogP contribution < -0.4 is 0 Å². The molecule has 2 rings (SSSR count). The zero-order valence-corrected chi connectivity index (χ0v) is 8.32. The first kappa shape index (κ1) is 8.50. The van der Waals surface area contributed by atoms with E-state index >= 15 is 0 Å². The molecule has 0 aromatic carbocycles. The monoisotopic (exact) mass is 194 g/mol. The van der Waals surface area contributed by atoms with Crippen LogP contribution in [0, 0.1) is 0 Å². The summed E-state index contributed by atoms with van der Waals surface area (Å²) in [5.41, 5.74) is 0. The molecule has 13 heavy (non-hydrogen) atoms. The molecular formula is C8H10N4S. The van der Waals surface area contributed by atoms with Gasteiger partial charge >= 0.3 is 0 Å². The van der Waals surface area contributed by atoms with Crippen LogP contribution in [-0.2, 0) is 0 Å². The second-order valence-corrected chi connectivity index (χ2v) is 4.47. The molecule has 0 amide bonds. The Hall–Kier alpha value is -1.10. The van der Waals surface area contributed by atoms with Gasteiger partial charge in [0.2, 0.25) is 5.16 Å². The molecule has 0 saturated carbocycles. The summed E-state index contributed by atoms with van der Waals surface area (Å²) in [6, 6.07) is 1.84. The van der Waals surface area contributed by atoms with E-state index < -0.39 is 0 Å². The van der Waals surface area contributed by atoms with Gasteiger partial charge in [-0.1, -0.05) is 25.6 Å². The van der Waals surface area contributed by atoms with Crippen molar-refractivity contribution in [3.63, 3.8) is 0 Å². The highest BCUT2D eigenvalue weighted by molar-refractivity contribution is 7.99. The van der Waals surface area contributed by atoms with Gasteiger partial charge in [-0.25, -0.2) is 9.50 Å². The Morgan fingerprint density at radius 2 is 2.31 bits per heavy atom. The second-order valence-electron chi connectivity index (χ2n) is 2.93. The molecule has 2 heterocycles. The van der Waals surface area contributed by atoms with Gasteiger partial charge < -0.3 is 0 Å². The van der Waals surface area contributed by atoms with Crippen molar-refractivity contribution in [3.8, 4) is 0 Å². The third kappa shape index (κ3) is 1.80. The Kier molecular flexibility index (Phi) is 2.18. The molecule has 4 nitrogen and oxygen atoms in total. The van der Waals surface area contributed by atoms with Crippen molar-refractivity contribution in [1.82, 2.24) is 19.6 Å². The number of fused-ring (bicyclic) bond motifs is 1. The molecule has 0 fully saturated rings. The molecule has 0 aliphatic heterocycles. The third-order valence-corrected chi connectivity index (χ3v) is 2.29. The van der Waals surface area contributed by atoms with E-state index in [2.05, 4.69) is 28.9 Å². The number of nitrogens with zero attached hydrogens (tertiary/aromatic N) is 4. The molecule has 2 aromatic heterocycles. The minimum atomic E-state index is 0.498. The van der Waals surface area contributed by atoms with Crippen LogP contribution in [0.4, 0.5) is 0 Å². The minimum Gasteiger partial charge on any atom is -0.220 e. The molecule has 0 N–H and O–H groups in total. The average Bonchev–Trinajstić information content (AvgIpc) is 2.44. The predicted molar refractivity (Wildman–Crippen MR) is 51.8 cm³/mol. The summed E-state index contributed by atoms with van der Waals surface area (Å²) in [6.45, 7) is 4.23. The average molecular weight is 194 g/mol. The first-order valence-electron chi connectivity index (χ1n) is 4.10. The van der Waals surface area contributed by atoms with Gasteiger partial charge in [0.25, 0.3) is 5.78 Å². The fourth-order valence-electron chi connectivity index (χ4n) is 0.974. The molecule has 0 aliphatic rings. The summed E-state index contributed by atoms with van der Waals surface area (Å²) in [4.78, 5) is 8.34. The fraction of sp³-hybridized carbons (Fsp3) is 0.375. The van der Waals surface area contributed by atoms with Crippen LogP contribution in [0.5, 0.6) is 0 Å². The highest BCUT2D eigenvalue weighted by atomic mass is 32.2. The SMILES string of the molecule is CC(C)Sc1nc2ncccn2n1. The van der Waals surface area contributed by atoms with Gasteiger partial charge in [-0.3, -0.25) is 0 Å². The van der Waals surface area contributed by atoms with Crippen LogP contribution in [0.2, 0.25) is 0 Å². The zero-order chi connectivity index (χ0) is 9.26. The summed E-state index contributed by atoms with van der Waals surface area (Å²) in [5, 5.41) is 5.54. The number of hydrogen-bond acceptors (Lipinski definition) is 4. The Balaban J connectivity index is 2.38. The molecule has 0 radical (unpaired) electrons. The molecule has 0 atom stereocenters. The lowest BCUT2D eigenvalue weighted by Gasteiger charge is -1.96. The van der Waals surface area contributed by atoms with Gasteiger partial charge in [0.15, 0.2) is 0 Å². The van der Waals surface area contributed by atoms with Gasteiger partial charge in [0.05, 0.1) is 0 Å². The fourth-order valence-corrected chi connectivity index (χ4v) is 1.67.